The molecule has 17 heavy (non-hydrogen) atoms. The van der Waals surface area contributed by atoms with Crippen molar-refractivity contribution in [1.82, 2.24) is 4.90 Å². The Morgan fingerprint density at radius 1 is 1.71 bits per heavy atom. The molecule has 0 aliphatic carbocycles. The molecule has 0 bridgehead atoms. The summed E-state index contributed by atoms with van der Waals surface area (Å²) < 4.78 is 12.2. The number of hydrogen-bond acceptors (Lipinski definition) is 4. The third kappa shape index (κ3) is 6.01. The molecule has 1 N–H and O–H groups in total. The minimum Gasteiger partial charge on any atom is -0.386 e. The molecule has 0 aromatic carbocycles. The molecule has 0 aliphatic rings. The van der Waals surface area contributed by atoms with Crippen LogP contribution in [-0.4, -0.2) is 34.3 Å². The fraction of sp³-hybridized carbons (Fsp3) is 0.636. The lowest BCUT2D eigenvalue weighted by molar-refractivity contribution is -0.443. The highest BCUT2D eigenvalue weighted by molar-refractivity contribution is 4.95. The van der Waals surface area contributed by atoms with E-state index >= 15 is 0 Å². The number of aliphatic hydroxyl groups is 1. The second-order valence-electron chi connectivity index (χ2n) is 3.86. The van der Waals surface area contributed by atoms with Crippen LogP contribution in [-0.2, 0) is 0 Å². The summed E-state index contributed by atoms with van der Waals surface area (Å²) in [7, 11) is 0. The zero-order chi connectivity index (χ0) is 13.4. The van der Waals surface area contributed by atoms with Gasteiger partial charge >= 0.3 is 5.82 Å². The Balaban J connectivity index is 4.67. The SMILES string of the molecule is C=C(N(/C=C\C(C)CC)CC(O)CF)[N+](=O)[O-]. The lowest BCUT2D eigenvalue weighted by Crippen LogP contribution is -2.31. The van der Waals surface area contributed by atoms with E-state index in [9.17, 15) is 14.5 Å². The average molecular weight is 246 g/mol. The first-order chi connectivity index (χ1) is 7.92. The van der Waals surface area contributed by atoms with E-state index in [1.807, 2.05) is 13.8 Å². The summed E-state index contributed by atoms with van der Waals surface area (Å²) in [6.07, 6.45) is 2.87. The van der Waals surface area contributed by atoms with Crippen molar-refractivity contribution >= 4 is 0 Å². The molecular weight excluding hydrogens is 227 g/mol. The van der Waals surface area contributed by atoms with Gasteiger partial charge in [0.05, 0.1) is 6.20 Å². The average Bonchev–Trinajstić information content (AvgIpc) is 2.32. The number of aliphatic hydroxyl groups excluding tert-OH is 1. The molecule has 0 amide bonds. The Kier molecular flexibility index (Phi) is 7.13. The third-order valence-electron chi connectivity index (χ3n) is 2.37. The number of hydrogen-bond donors (Lipinski definition) is 1. The van der Waals surface area contributed by atoms with Crippen LogP contribution >= 0.6 is 0 Å². The van der Waals surface area contributed by atoms with Gasteiger partial charge in [-0.2, -0.15) is 0 Å². The van der Waals surface area contributed by atoms with Crippen molar-refractivity contribution in [2.75, 3.05) is 13.2 Å². The maximum atomic E-state index is 12.2. The van der Waals surface area contributed by atoms with Gasteiger partial charge in [-0.15, -0.1) is 0 Å². The molecule has 0 rings (SSSR count). The monoisotopic (exact) mass is 246 g/mol. The minimum atomic E-state index is -1.26. The lowest BCUT2D eigenvalue weighted by Gasteiger charge is -2.16. The van der Waals surface area contributed by atoms with Gasteiger partial charge in [0.1, 0.15) is 19.3 Å². The number of nitro groups is 1. The Bertz CT molecular complexity index is 294. The number of halogens is 1. The molecule has 0 saturated heterocycles. The highest BCUT2D eigenvalue weighted by Crippen LogP contribution is 2.09. The minimum absolute atomic E-state index is 0.177. The highest BCUT2D eigenvalue weighted by Gasteiger charge is 2.20. The Morgan fingerprint density at radius 3 is 2.71 bits per heavy atom. The molecule has 0 heterocycles. The van der Waals surface area contributed by atoms with Crippen LogP contribution in [0.25, 0.3) is 0 Å². The van der Waals surface area contributed by atoms with Crippen LogP contribution in [0, 0.1) is 16.0 Å². The molecule has 0 aromatic rings. The molecule has 2 atom stereocenters. The van der Waals surface area contributed by atoms with Crippen molar-refractivity contribution in [3.05, 3.63) is 34.8 Å². The van der Waals surface area contributed by atoms with Gasteiger partial charge in [-0.3, -0.25) is 0 Å². The molecular formula is C11H19FN2O3. The van der Waals surface area contributed by atoms with Gasteiger partial charge in [-0.25, -0.2) is 9.29 Å². The summed E-state index contributed by atoms with van der Waals surface area (Å²) >= 11 is 0. The zero-order valence-electron chi connectivity index (χ0n) is 10.2. The van der Waals surface area contributed by atoms with Gasteiger partial charge in [0.15, 0.2) is 0 Å². The summed E-state index contributed by atoms with van der Waals surface area (Å²) in [5, 5.41) is 19.7. The molecule has 0 fully saturated rings. The van der Waals surface area contributed by atoms with Crippen molar-refractivity contribution in [3.63, 3.8) is 0 Å². The van der Waals surface area contributed by atoms with E-state index in [-0.39, 0.29) is 18.3 Å². The zero-order valence-corrected chi connectivity index (χ0v) is 10.2. The van der Waals surface area contributed by atoms with Crippen LogP contribution in [0.3, 0.4) is 0 Å². The summed E-state index contributed by atoms with van der Waals surface area (Å²) in [4.78, 5) is 11.1. The number of rotatable bonds is 8. The van der Waals surface area contributed by atoms with Crippen LogP contribution in [0.1, 0.15) is 20.3 Å². The van der Waals surface area contributed by atoms with E-state index < -0.39 is 17.7 Å². The van der Waals surface area contributed by atoms with Crippen molar-refractivity contribution in [2.24, 2.45) is 5.92 Å². The topological polar surface area (TPSA) is 66.6 Å². The van der Waals surface area contributed by atoms with Crippen molar-refractivity contribution < 1.29 is 14.4 Å². The number of alkyl halides is 1. The first kappa shape index (κ1) is 15.6. The Morgan fingerprint density at radius 2 is 2.29 bits per heavy atom. The maximum absolute atomic E-state index is 12.2. The van der Waals surface area contributed by atoms with Crippen molar-refractivity contribution in [2.45, 2.75) is 26.4 Å². The maximum Gasteiger partial charge on any atom is 0.315 e. The summed E-state index contributed by atoms with van der Waals surface area (Å²) in [5.41, 5.74) is 0. The van der Waals surface area contributed by atoms with Crippen LogP contribution < -0.4 is 0 Å². The summed E-state index contributed by atoms with van der Waals surface area (Å²) in [5.74, 6) is -0.128. The molecule has 2 unspecified atom stereocenters. The van der Waals surface area contributed by atoms with Crippen LogP contribution in [0.5, 0.6) is 0 Å². The molecule has 98 valence electrons. The molecule has 0 radical (unpaired) electrons. The normalized spacial score (nSPS) is 14.6. The number of nitrogens with zero attached hydrogens (tertiary/aromatic N) is 2. The second-order valence-corrected chi connectivity index (χ2v) is 3.86. The van der Waals surface area contributed by atoms with Gasteiger partial charge in [0, 0.05) is 0 Å². The van der Waals surface area contributed by atoms with Crippen molar-refractivity contribution in [1.29, 1.82) is 0 Å². The van der Waals surface area contributed by atoms with Gasteiger partial charge in [0.25, 0.3) is 0 Å². The van der Waals surface area contributed by atoms with E-state index in [0.29, 0.717) is 0 Å². The first-order valence-corrected chi connectivity index (χ1v) is 5.44. The standard InChI is InChI=1S/C11H19FN2O3/c1-4-9(2)5-6-13(8-11(15)7-12)10(3)14(16)17/h5-6,9,11,15H,3-4,7-8H2,1-2H3/b6-5-. The molecule has 0 spiro atoms. The fourth-order valence-electron chi connectivity index (χ4n) is 1.02. The van der Waals surface area contributed by atoms with Crippen molar-refractivity contribution in [3.8, 4) is 0 Å². The lowest BCUT2D eigenvalue weighted by atomic mass is 10.1. The molecule has 0 saturated carbocycles. The first-order valence-electron chi connectivity index (χ1n) is 5.44. The van der Waals surface area contributed by atoms with Gasteiger partial charge in [-0.1, -0.05) is 13.8 Å². The third-order valence-corrected chi connectivity index (χ3v) is 2.37. The van der Waals surface area contributed by atoms with Crippen LogP contribution in [0.2, 0.25) is 0 Å². The van der Waals surface area contributed by atoms with Gasteiger partial charge < -0.3 is 15.2 Å². The van der Waals surface area contributed by atoms with Gasteiger partial charge in [-0.05, 0) is 29.9 Å². The fourth-order valence-corrected chi connectivity index (χ4v) is 1.02. The predicted octanol–water partition coefficient (Wildman–Crippen LogP) is 1.93. The smallest absolute Gasteiger partial charge is 0.315 e. The van der Waals surface area contributed by atoms with E-state index in [4.69, 9.17) is 5.11 Å². The quantitative estimate of drug-likeness (QED) is 0.525. The Hall–Kier alpha value is -1.43. The summed E-state index contributed by atoms with van der Waals surface area (Å²) in [6, 6.07) is 0. The van der Waals surface area contributed by atoms with E-state index in [2.05, 4.69) is 6.58 Å². The Labute approximate surface area is 100 Å². The van der Waals surface area contributed by atoms with Crippen LogP contribution in [0.15, 0.2) is 24.7 Å². The number of allylic oxidation sites excluding steroid dienone is 1. The van der Waals surface area contributed by atoms with Crippen LogP contribution in [0.4, 0.5) is 4.39 Å². The van der Waals surface area contributed by atoms with Gasteiger partial charge in [0.2, 0.25) is 0 Å². The molecule has 5 nitrogen and oxygen atoms in total. The van der Waals surface area contributed by atoms with E-state index in [1.165, 1.54) is 6.20 Å². The largest absolute Gasteiger partial charge is 0.386 e. The molecule has 0 aromatic heterocycles. The second kappa shape index (κ2) is 7.78. The highest BCUT2D eigenvalue weighted by atomic mass is 19.1. The summed E-state index contributed by atoms with van der Waals surface area (Å²) in [6.45, 7) is 6.10. The molecule has 6 heteroatoms. The molecule has 0 aliphatic heterocycles. The van der Waals surface area contributed by atoms with E-state index in [1.54, 1.807) is 6.08 Å². The van der Waals surface area contributed by atoms with E-state index in [0.717, 1.165) is 11.3 Å². The predicted molar refractivity (Wildman–Crippen MR) is 63.4 cm³/mol.